The van der Waals surface area contributed by atoms with Gasteiger partial charge in [0.25, 0.3) is 0 Å². The lowest BCUT2D eigenvalue weighted by Gasteiger charge is -2.20. The molecule has 0 aliphatic rings. The molecule has 0 fully saturated rings. The van der Waals surface area contributed by atoms with Crippen molar-refractivity contribution in [3.8, 4) is 5.75 Å². The summed E-state index contributed by atoms with van der Waals surface area (Å²) >= 11 is 3.15. The Balaban J connectivity index is 2.71. The summed E-state index contributed by atoms with van der Waals surface area (Å²) in [6.07, 6.45) is 0. The van der Waals surface area contributed by atoms with Crippen LogP contribution < -0.4 is 4.74 Å². The van der Waals surface area contributed by atoms with Crippen molar-refractivity contribution in [2.75, 3.05) is 12.4 Å². The lowest BCUT2D eigenvalue weighted by molar-refractivity contribution is 0.217. The molecule has 0 bridgehead atoms. The summed E-state index contributed by atoms with van der Waals surface area (Å²) in [5, 5.41) is 0. The quantitative estimate of drug-likeness (QED) is 0.712. The highest BCUT2D eigenvalue weighted by molar-refractivity contribution is 9.10. The molecule has 0 heterocycles. The van der Waals surface area contributed by atoms with E-state index in [0.717, 1.165) is 0 Å². The van der Waals surface area contributed by atoms with Gasteiger partial charge >= 0.3 is 0 Å². The molecule has 1 unspecified atom stereocenters. The molecule has 108 valence electrons. The molecule has 1 atom stereocenters. The Morgan fingerprint density at radius 1 is 1.42 bits per heavy atom. The van der Waals surface area contributed by atoms with Crippen LogP contribution in [0.3, 0.4) is 0 Å². The van der Waals surface area contributed by atoms with Gasteiger partial charge in [-0.2, -0.15) is 0 Å². The van der Waals surface area contributed by atoms with Crippen LogP contribution in [0.2, 0.25) is 0 Å². The highest BCUT2D eigenvalue weighted by atomic mass is 79.9. The van der Waals surface area contributed by atoms with Crippen molar-refractivity contribution in [1.82, 2.24) is 0 Å². The van der Waals surface area contributed by atoms with Gasteiger partial charge in [-0.1, -0.05) is 29.8 Å². The Morgan fingerprint density at radius 2 is 2.05 bits per heavy atom. The van der Waals surface area contributed by atoms with E-state index in [1.165, 1.54) is 12.1 Å². The van der Waals surface area contributed by atoms with Gasteiger partial charge < -0.3 is 4.74 Å². The second-order valence-electron chi connectivity index (χ2n) is 4.60. The zero-order chi connectivity index (χ0) is 14.6. The van der Waals surface area contributed by atoms with Crippen LogP contribution in [0.15, 0.2) is 22.7 Å². The first-order valence-corrected chi connectivity index (χ1v) is 8.96. The molecule has 0 amide bonds. The molecule has 0 saturated carbocycles. The van der Waals surface area contributed by atoms with E-state index in [1.807, 2.05) is 13.8 Å². The second-order valence-corrected chi connectivity index (χ2v) is 8.33. The number of halogens is 3. The third kappa shape index (κ3) is 6.10. The van der Waals surface area contributed by atoms with Crippen LogP contribution in [-0.2, 0) is 9.05 Å². The van der Waals surface area contributed by atoms with Gasteiger partial charge in [-0.25, -0.2) is 12.8 Å². The third-order valence-electron chi connectivity index (χ3n) is 2.70. The van der Waals surface area contributed by atoms with Crippen LogP contribution in [0.1, 0.15) is 13.8 Å². The maximum Gasteiger partial charge on any atom is 0.233 e. The van der Waals surface area contributed by atoms with Crippen molar-refractivity contribution >= 4 is 35.7 Å². The minimum atomic E-state index is -3.60. The molecule has 0 aliphatic carbocycles. The first-order valence-electron chi connectivity index (χ1n) is 5.69. The largest absolute Gasteiger partial charge is 0.490 e. The van der Waals surface area contributed by atoms with Gasteiger partial charge in [0.1, 0.15) is 0 Å². The van der Waals surface area contributed by atoms with Gasteiger partial charge in [-0.05, 0) is 24.1 Å². The first-order chi connectivity index (χ1) is 8.69. The van der Waals surface area contributed by atoms with Crippen LogP contribution in [0.25, 0.3) is 0 Å². The monoisotopic (exact) mass is 372 g/mol. The average molecular weight is 374 g/mol. The van der Waals surface area contributed by atoms with Crippen molar-refractivity contribution in [3.05, 3.63) is 28.5 Å². The molecule has 1 aromatic carbocycles. The van der Waals surface area contributed by atoms with Gasteiger partial charge in [0.05, 0.1) is 12.4 Å². The van der Waals surface area contributed by atoms with E-state index < -0.39 is 14.9 Å². The fraction of sp³-hybridized carbons (Fsp3) is 0.500. The zero-order valence-corrected chi connectivity index (χ0v) is 13.7. The predicted molar refractivity (Wildman–Crippen MR) is 77.6 cm³/mol. The molecule has 0 aliphatic heterocycles. The molecule has 1 aromatic rings. The third-order valence-corrected chi connectivity index (χ3v) is 4.40. The van der Waals surface area contributed by atoms with E-state index >= 15 is 0 Å². The van der Waals surface area contributed by atoms with E-state index in [-0.39, 0.29) is 29.9 Å². The van der Waals surface area contributed by atoms with Crippen molar-refractivity contribution in [3.63, 3.8) is 0 Å². The topological polar surface area (TPSA) is 43.4 Å². The van der Waals surface area contributed by atoms with E-state index in [2.05, 4.69) is 15.9 Å². The fourth-order valence-electron chi connectivity index (χ4n) is 1.48. The first kappa shape index (κ1) is 16.7. The highest BCUT2D eigenvalue weighted by Crippen LogP contribution is 2.23. The van der Waals surface area contributed by atoms with E-state index in [0.29, 0.717) is 4.47 Å². The molecule has 0 saturated heterocycles. The Bertz CT molecular complexity index is 534. The van der Waals surface area contributed by atoms with Crippen LogP contribution in [0, 0.1) is 17.7 Å². The zero-order valence-electron chi connectivity index (χ0n) is 10.6. The Morgan fingerprint density at radius 3 is 2.53 bits per heavy atom. The lowest BCUT2D eigenvalue weighted by atomic mass is 9.99. The van der Waals surface area contributed by atoms with Gasteiger partial charge in [0.2, 0.25) is 9.05 Å². The summed E-state index contributed by atoms with van der Waals surface area (Å²) < 4.78 is 41.7. The molecule has 19 heavy (non-hydrogen) atoms. The summed E-state index contributed by atoms with van der Waals surface area (Å²) in [6.45, 7) is 3.84. The second kappa shape index (κ2) is 6.90. The maximum absolute atomic E-state index is 13.5. The van der Waals surface area contributed by atoms with E-state index in [9.17, 15) is 12.8 Å². The number of rotatable bonds is 6. The summed E-state index contributed by atoms with van der Waals surface area (Å²) in [5.41, 5.74) is 0. The van der Waals surface area contributed by atoms with Gasteiger partial charge in [-0.15, -0.1) is 0 Å². The molecular weight excluding hydrogens is 359 g/mol. The van der Waals surface area contributed by atoms with Gasteiger partial charge in [0, 0.05) is 21.1 Å². The Labute approximate surface area is 125 Å². The average Bonchev–Trinajstić information content (AvgIpc) is 2.24. The molecule has 7 heteroatoms. The normalized spacial score (nSPS) is 13.6. The van der Waals surface area contributed by atoms with E-state index in [1.54, 1.807) is 6.07 Å². The number of hydrogen-bond acceptors (Lipinski definition) is 3. The SMILES string of the molecule is CC(C)C(COc1ccc(Br)cc1F)CS(=O)(=O)Cl. The minimum Gasteiger partial charge on any atom is -0.490 e. The van der Waals surface area contributed by atoms with Crippen molar-refractivity contribution < 1.29 is 17.5 Å². The minimum absolute atomic E-state index is 0.0621. The van der Waals surface area contributed by atoms with Gasteiger partial charge in [-0.3, -0.25) is 0 Å². The molecule has 3 nitrogen and oxygen atoms in total. The fourth-order valence-corrected chi connectivity index (χ4v) is 3.29. The molecule has 0 N–H and O–H groups in total. The highest BCUT2D eigenvalue weighted by Gasteiger charge is 2.21. The molecule has 0 spiro atoms. The van der Waals surface area contributed by atoms with Crippen LogP contribution in [-0.4, -0.2) is 20.8 Å². The summed E-state index contributed by atoms with van der Waals surface area (Å²) in [6, 6.07) is 4.44. The lowest BCUT2D eigenvalue weighted by Crippen LogP contribution is -2.24. The molecule has 0 aromatic heterocycles. The Hall–Kier alpha value is -0.330. The molecule has 0 radical (unpaired) electrons. The summed E-state index contributed by atoms with van der Waals surface area (Å²) in [4.78, 5) is 0. The van der Waals surface area contributed by atoms with Gasteiger partial charge in [0.15, 0.2) is 11.6 Å². The van der Waals surface area contributed by atoms with Crippen molar-refractivity contribution in [1.29, 1.82) is 0 Å². The van der Waals surface area contributed by atoms with Crippen molar-refractivity contribution in [2.45, 2.75) is 13.8 Å². The number of ether oxygens (including phenoxy) is 1. The van der Waals surface area contributed by atoms with Crippen LogP contribution >= 0.6 is 26.6 Å². The maximum atomic E-state index is 13.5. The number of benzene rings is 1. The predicted octanol–water partition coefficient (Wildman–Crippen LogP) is 3.81. The van der Waals surface area contributed by atoms with E-state index in [4.69, 9.17) is 15.4 Å². The number of hydrogen-bond donors (Lipinski definition) is 0. The van der Waals surface area contributed by atoms with Crippen molar-refractivity contribution in [2.24, 2.45) is 11.8 Å². The summed E-state index contributed by atoms with van der Waals surface area (Å²) in [5.74, 6) is -0.811. The Kier molecular flexibility index (Phi) is 6.08. The van der Waals surface area contributed by atoms with Crippen LogP contribution in [0.5, 0.6) is 5.75 Å². The smallest absolute Gasteiger partial charge is 0.233 e. The standard InChI is InChI=1S/C12H15BrClFO3S/c1-8(2)9(7-19(14,16)17)6-18-12-4-3-10(13)5-11(12)15/h3-5,8-9H,6-7H2,1-2H3. The van der Waals surface area contributed by atoms with Crippen LogP contribution in [0.4, 0.5) is 4.39 Å². The molecular formula is C12H15BrClFO3S. The summed E-state index contributed by atoms with van der Waals surface area (Å²) in [7, 11) is 1.64. The molecule has 1 rings (SSSR count).